The SMILES string of the molecule is Cc1onc2c1c(=O)n(C1CCC(NC(=O)COc3cccnc3)C1)c1cccc(Cl)c21. The quantitative estimate of drug-likeness (QED) is 0.494. The summed E-state index contributed by atoms with van der Waals surface area (Å²) in [6.45, 7) is 1.64. The number of hydrogen-bond donors (Lipinski definition) is 1. The summed E-state index contributed by atoms with van der Waals surface area (Å²) in [5, 5.41) is 8.77. The van der Waals surface area contributed by atoms with E-state index < -0.39 is 0 Å². The Labute approximate surface area is 188 Å². The molecule has 9 heteroatoms. The highest BCUT2D eigenvalue weighted by Gasteiger charge is 2.30. The molecule has 1 aromatic carbocycles. The smallest absolute Gasteiger partial charge is 0.264 e. The maximum atomic E-state index is 13.4. The van der Waals surface area contributed by atoms with Crippen LogP contribution in [0.1, 0.15) is 31.1 Å². The van der Waals surface area contributed by atoms with Crippen LogP contribution < -0.4 is 15.6 Å². The van der Waals surface area contributed by atoms with E-state index in [4.69, 9.17) is 20.9 Å². The molecule has 0 bridgehead atoms. The summed E-state index contributed by atoms with van der Waals surface area (Å²) >= 11 is 6.49. The van der Waals surface area contributed by atoms with Gasteiger partial charge >= 0.3 is 0 Å². The van der Waals surface area contributed by atoms with E-state index in [9.17, 15) is 9.59 Å². The molecule has 3 heterocycles. The summed E-state index contributed by atoms with van der Waals surface area (Å²) < 4.78 is 12.6. The molecule has 2 atom stereocenters. The number of nitrogens with zero attached hydrogens (tertiary/aromatic N) is 3. The Balaban J connectivity index is 1.39. The Kier molecular flexibility index (Phi) is 5.30. The zero-order chi connectivity index (χ0) is 22.2. The van der Waals surface area contributed by atoms with Gasteiger partial charge in [0.2, 0.25) is 0 Å². The van der Waals surface area contributed by atoms with Crippen LogP contribution in [-0.4, -0.2) is 33.3 Å². The van der Waals surface area contributed by atoms with E-state index in [0.717, 1.165) is 18.4 Å². The number of carbonyl (C=O) groups excluding carboxylic acids is 1. The normalized spacial score (nSPS) is 18.3. The summed E-state index contributed by atoms with van der Waals surface area (Å²) in [5.41, 5.74) is 1.06. The zero-order valence-corrected chi connectivity index (χ0v) is 18.1. The van der Waals surface area contributed by atoms with Crippen LogP contribution in [0.3, 0.4) is 0 Å². The fourth-order valence-corrected chi connectivity index (χ4v) is 4.77. The van der Waals surface area contributed by atoms with Crippen molar-refractivity contribution in [1.82, 2.24) is 20.0 Å². The first kappa shape index (κ1) is 20.5. The fourth-order valence-electron chi connectivity index (χ4n) is 4.51. The summed E-state index contributed by atoms with van der Waals surface area (Å²) in [6.07, 6.45) is 5.35. The number of fused-ring (bicyclic) bond motifs is 3. The number of halogens is 1. The van der Waals surface area contributed by atoms with Gasteiger partial charge in [0.25, 0.3) is 11.5 Å². The topological polar surface area (TPSA) is 99.2 Å². The number of nitrogens with one attached hydrogen (secondary N) is 1. The van der Waals surface area contributed by atoms with Crippen molar-refractivity contribution in [3.8, 4) is 5.75 Å². The Morgan fingerprint density at radius 3 is 2.97 bits per heavy atom. The van der Waals surface area contributed by atoms with E-state index in [1.165, 1.54) is 0 Å². The lowest BCUT2D eigenvalue weighted by atomic mass is 10.1. The minimum atomic E-state index is -0.204. The van der Waals surface area contributed by atoms with Crippen LogP contribution in [0, 0.1) is 6.92 Å². The first-order chi connectivity index (χ1) is 15.5. The van der Waals surface area contributed by atoms with Gasteiger partial charge in [0, 0.05) is 23.7 Å². The van der Waals surface area contributed by atoms with E-state index in [0.29, 0.717) is 39.2 Å². The molecule has 164 valence electrons. The Morgan fingerprint density at radius 1 is 1.28 bits per heavy atom. The summed E-state index contributed by atoms with van der Waals surface area (Å²) in [6, 6.07) is 8.84. The van der Waals surface area contributed by atoms with Gasteiger partial charge in [0.05, 0.1) is 16.7 Å². The molecule has 4 aromatic rings. The molecular formula is C23H21ClN4O4. The largest absolute Gasteiger partial charge is 0.482 e. The van der Waals surface area contributed by atoms with Crippen LogP contribution in [0.2, 0.25) is 5.02 Å². The molecule has 5 rings (SSSR count). The third-order valence-electron chi connectivity index (χ3n) is 5.92. The average molecular weight is 453 g/mol. The van der Waals surface area contributed by atoms with Gasteiger partial charge in [-0.25, -0.2) is 0 Å². The molecule has 3 aromatic heterocycles. The van der Waals surface area contributed by atoms with Crippen LogP contribution in [0.5, 0.6) is 5.75 Å². The Bertz CT molecular complexity index is 1370. The second kappa shape index (κ2) is 8.27. The van der Waals surface area contributed by atoms with Gasteiger partial charge in [0.1, 0.15) is 22.4 Å². The number of pyridine rings is 2. The van der Waals surface area contributed by atoms with Gasteiger partial charge in [-0.15, -0.1) is 0 Å². The van der Waals surface area contributed by atoms with Gasteiger partial charge < -0.3 is 19.1 Å². The van der Waals surface area contributed by atoms with Crippen molar-refractivity contribution in [2.75, 3.05) is 6.61 Å². The number of benzene rings is 1. The van der Waals surface area contributed by atoms with Crippen LogP contribution in [0.15, 0.2) is 52.0 Å². The first-order valence-corrected chi connectivity index (χ1v) is 10.8. The van der Waals surface area contributed by atoms with Gasteiger partial charge in [-0.1, -0.05) is 22.8 Å². The van der Waals surface area contributed by atoms with Crippen molar-refractivity contribution in [2.45, 2.75) is 38.3 Å². The predicted octanol–water partition coefficient (Wildman–Crippen LogP) is 3.79. The van der Waals surface area contributed by atoms with Crippen LogP contribution in [0.25, 0.3) is 21.8 Å². The van der Waals surface area contributed by atoms with E-state index in [1.807, 2.05) is 12.1 Å². The second-order valence-corrected chi connectivity index (χ2v) is 8.39. The lowest BCUT2D eigenvalue weighted by molar-refractivity contribution is -0.123. The second-order valence-electron chi connectivity index (χ2n) is 7.98. The van der Waals surface area contributed by atoms with Crippen LogP contribution in [-0.2, 0) is 4.79 Å². The molecule has 32 heavy (non-hydrogen) atoms. The number of ether oxygens (including phenoxy) is 1. The minimum Gasteiger partial charge on any atom is -0.482 e. The third-order valence-corrected chi connectivity index (χ3v) is 6.24. The van der Waals surface area contributed by atoms with Crippen molar-refractivity contribution in [1.29, 1.82) is 0 Å². The van der Waals surface area contributed by atoms with Crippen molar-refractivity contribution in [2.24, 2.45) is 0 Å². The molecule has 1 aliphatic rings. The number of amides is 1. The lowest BCUT2D eigenvalue weighted by Crippen LogP contribution is -2.36. The number of carbonyl (C=O) groups is 1. The van der Waals surface area contributed by atoms with Gasteiger partial charge in [0.15, 0.2) is 6.61 Å². The predicted molar refractivity (Wildman–Crippen MR) is 120 cm³/mol. The molecule has 0 radical (unpaired) electrons. The number of rotatable bonds is 5. The summed E-state index contributed by atoms with van der Waals surface area (Å²) in [5.74, 6) is 0.806. The molecule has 8 nitrogen and oxygen atoms in total. The van der Waals surface area contributed by atoms with Gasteiger partial charge in [-0.05, 0) is 50.5 Å². The molecule has 0 saturated heterocycles. The molecule has 1 aliphatic carbocycles. The number of aryl methyl sites for hydroxylation is 1. The molecule has 1 fully saturated rings. The van der Waals surface area contributed by atoms with Gasteiger partial charge in [-0.3, -0.25) is 14.6 Å². The number of aromatic nitrogens is 3. The van der Waals surface area contributed by atoms with Crippen LogP contribution in [0.4, 0.5) is 0 Å². The van der Waals surface area contributed by atoms with Crippen molar-refractivity contribution in [3.05, 3.63) is 63.9 Å². The maximum Gasteiger partial charge on any atom is 0.264 e. The van der Waals surface area contributed by atoms with E-state index in [2.05, 4.69) is 15.5 Å². The monoisotopic (exact) mass is 452 g/mol. The van der Waals surface area contributed by atoms with E-state index in [1.54, 1.807) is 42.1 Å². The van der Waals surface area contributed by atoms with E-state index in [-0.39, 0.29) is 30.2 Å². The van der Waals surface area contributed by atoms with Crippen molar-refractivity contribution in [3.63, 3.8) is 0 Å². The molecule has 2 unspecified atom stereocenters. The lowest BCUT2D eigenvalue weighted by Gasteiger charge is -2.19. The van der Waals surface area contributed by atoms with Crippen LogP contribution >= 0.6 is 11.6 Å². The molecular weight excluding hydrogens is 432 g/mol. The standard InChI is InChI=1S/C23H21ClN4O4/c1-13-20-22(27-32-13)21-17(24)5-2-6-18(21)28(23(20)30)15-8-7-14(10-15)26-19(29)12-31-16-4-3-9-25-11-16/h2-6,9,11,14-15H,7-8,10,12H2,1H3,(H,26,29). The molecule has 1 saturated carbocycles. The Morgan fingerprint density at radius 2 is 2.16 bits per heavy atom. The average Bonchev–Trinajstić information content (AvgIpc) is 3.40. The molecule has 0 aliphatic heterocycles. The highest BCUT2D eigenvalue weighted by molar-refractivity contribution is 6.37. The third kappa shape index (κ3) is 3.60. The van der Waals surface area contributed by atoms with Gasteiger partial charge in [-0.2, -0.15) is 0 Å². The minimum absolute atomic E-state index is 0.0506. The van der Waals surface area contributed by atoms with Crippen molar-refractivity contribution >= 4 is 39.3 Å². The first-order valence-electron chi connectivity index (χ1n) is 10.4. The fraction of sp³-hybridized carbons (Fsp3) is 0.304. The highest BCUT2D eigenvalue weighted by Crippen LogP contribution is 2.36. The van der Waals surface area contributed by atoms with Crippen molar-refractivity contribution < 1.29 is 14.1 Å². The Hall–Kier alpha value is -3.39. The highest BCUT2D eigenvalue weighted by atomic mass is 35.5. The molecule has 1 amide bonds. The molecule has 0 spiro atoms. The molecule has 1 N–H and O–H groups in total. The summed E-state index contributed by atoms with van der Waals surface area (Å²) in [4.78, 5) is 29.7. The number of hydrogen-bond acceptors (Lipinski definition) is 6. The maximum absolute atomic E-state index is 13.4. The zero-order valence-electron chi connectivity index (χ0n) is 17.4. The van der Waals surface area contributed by atoms with E-state index >= 15 is 0 Å². The summed E-state index contributed by atoms with van der Waals surface area (Å²) in [7, 11) is 0.